The van der Waals surface area contributed by atoms with E-state index >= 15 is 0 Å². The van der Waals surface area contributed by atoms with Gasteiger partial charge in [0.25, 0.3) is 0 Å². The molecule has 1 aromatic carbocycles. The molecule has 0 aliphatic heterocycles. The quantitative estimate of drug-likeness (QED) is 0.326. The number of benzene rings is 1. The zero-order valence-corrected chi connectivity index (χ0v) is 17.0. The van der Waals surface area contributed by atoms with Crippen molar-refractivity contribution >= 4 is 5.97 Å². The van der Waals surface area contributed by atoms with Crippen LogP contribution in [0.3, 0.4) is 0 Å². The number of hydrogen-bond donors (Lipinski definition) is 1. The molecule has 1 N–H and O–H groups in total. The van der Waals surface area contributed by atoms with Crippen molar-refractivity contribution in [3.05, 3.63) is 35.4 Å². The molecule has 0 radical (unpaired) electrons. The monoisotopic (exact) mass is 362 g/mol. The van der Waals surface area contributed by atoms with E-state index in [1.165, 1.54) is 64.9 Å². The highest BCUT2D eigenvalue weighted by molar-refractivity contribution is 5.72. The van der Waals surface area contributed by atoms with E-state index in [1.54, 1.807) is 6.92 Å². The summed E-state index contributed by atoms with van der Waals surface area (Å²) >= 11 is 0. The van der Waals surface area contributed by atoms with E-state index in [4.69, 9.17) is 4.74 Å². The van der Waals surface area contributed by atoms with Gasteiger partial charge in [-0.3, -0.25) is 4.79 Å². The number of unbranched alkanes of at least 4 members (excludes halogenated alkanes) is 9. The van der Waals surface area contributed by atoms with Gasteiger partial charge in [-0.15, -0.1) is 0 Å². The first-order valence-corrected chi connectivity index (χ1v) is 10.5. The van der Waals surface area contributed by atoms with Crippen molar-refractivity contribution in [3.63, 3.8) is 0 Å². The molecule has 2 unspecified atom stereocenters. The van der Waals surface area contributed by atoms with Crippen molar-refractivity contribution in [1.29, 1.82) is 0 Å². The van der Waals surface area contributed by atoms with Gasteiger partial charge in [-0.2, -0.15) is 0 Å². The van der Waals surface area contributed by atoms with Crippen LogP contribution >= 0.6 is 0 Å². The second-order valence-electron chi connectivity index (χ2n) is 7.39. The Labute approximate surface area is 160 Å². The average molecular weight is 363 g/mol. The lowest BCUT2D eigenvalue weighted by Gasteiger charge is -2.20. The van der Waals surface area contributed by atoms with Crippen molar-refractivity contribution < 1.29 is 14.6 Å². The van der Waals surface area contributed by atoms with Crippen LogP contribution in [0.4, 0.5) is 0 Å². The summed E-state index contributed by atoms with van der Waals surface area (Å²) < 4.78 is 4.76. The average Bonchev–Trinajstić information content (AvgIpc) is 2.68. The van der Waals surface area contributed by atoms with E-state index in [1.807, 2.05) is 18.2 Å². The first kappa shape index (κ1) is 22.7. The number of ether oxygens (including phenoxy) is 1. The molecule has 0 spiro atoms. The molecule has 0 saturated heterocycles. The Balaban J connectivity index is 2.32. The molecule has 0 bridgehead atoms. The number of rotatable bonds is 14. The van der Waals surface area contributed by atoms with Crippen LogP contribution in [-0.4, -0.2) is 18.2 Å². The van der Waals surface area contributed by atoms with E-state index < -0.39 is 12.0 Å². The minimum Gasteiger partial charge on any atom is -0.469 e. The number of methoxy groups -OCH3 is 1. The first-order valence-electron chi connectivity index (χ1n) is 10.5. The van der Waals surface area contributed by atoms with Crippen molar-refractivity contribution in [2.24, 2.45) is 5.92 Å². The maximum atomic E-state index is 11.7. The smallest absolute Gasteiger partial charge is 0.311 e. The van der Waals surface area contributed by atoms with Crippen LogP contribution in [0.15, 0.2) is 24.3 Å². The summed E-state index contributed by atoms with van der Waals surface area (Å²) in [4.78, 5) is 11.7. The van der Waals surface area contributed by atoms with Crippen LogP contribution in [0, 0.1) is 5.92 Å². The molecule has 1 rings (SSSR count). The number of aliphatic hydroxyl groups is 1. The number of aliphatic hydroxyl groups excluding tert-OH is 1. The van der Waals surface area contributed by atoms with Crippen LogP contribution in [-0.2, 0) is 16.0 Å². The number of esters is 1. The normalized spacial score (nSPS) is 13.4. The summed E-state index contributed by atoms with van der Waals surface area (Å²) in [7, 11) is 1.36. The molecule has 1 aromatic rings. The molecule has 0 aliphatic carbocycles. The molecule has 148 valence electrons. The SMILES string of the molecule is CCCCCCCCCCCCc1ccccc1C(O)C(C)C(=O)OC. The van der Waals surface area contributed by atoms with Gasteiger partial charge in [-0.05, 0) is 30.9 Å². The minimum absolute atomic E-state index is 0.369. The number of carbonyl (C=O) groups excluding carboxylic acids is 1. The Morgan fingerprint density at radius 3 is 2.08 bits per heavy atom. The molecule has 26 heavy (non-hydrogen) atoms. The summed E-state index contributed by atoms with van der Waals surface area (Å²) in [6.07, 6.45) is 13.3. The van der Waals surface area contributed by atoms with Crippen LogP contribution in [0.1, 0.15) is 95.3 Å². The van der Waals surface area contributed by atoms with E-state index in [9.17, 15) is 9.90 Å². The highest BCUT2D eigenvalue weighted by Crippen LogP contribution is 2.27. The molecular formula is C23H38O3. The van der Waals surface area contributed by atoms with Gasteiger partial charge in [-0.1, -0.05) is 89.0 Å². The lowest BCUT2D eigenvalue weighted by molar-refractivity contribution is -0.148. The van der Waals surface area contributed by atoms with Gasteiger partial charge in [0.2, 0.25) is 0 Å². The maximum absolute atomic E-state index is 11.7. The highest BCUT2D eigenvalue weighted by atomic mass is 16.5. The fourth-order valence-electron chi connectivity index (χ4n) is 3.44. The Kier molecular flexibility index (Phi) is 12.0. The molecular weight excluding hydrogens is 324 g/mol. The molecule has 0 aliphatic rings. The van der Waals surface area contributed by atoms with Crippen LogP contribution in [0.2, 0.25) is 0 Å². The molecule has 0 heterocycles. The van der Waals surface area contributed by atoms with Gasteiger partial charge in [-0.25, -0.2) is 0 Å². The molecule has 0 saturated carbocycles. The van der Waals surface area contributed by atoms with Crippen molar-refractivity contribution in [2.45, 2.75) is 90.6 Å². The van der Waals surface area contributed by atoms with E-state index in [-0.39, 0.29) is 5.97 Å². The van der Waals surface area contributed by atoms with Gasteiger partial charge < -0.3 is 9.84 Å². The predicted octanol–water partition coefficient (Wildman–Crippen LogP) is 5.99. The number of hydrogen-bond acceptors (Lipinski definition) is 3. The zero-order chi connectivity index (χ0) is 19.2. The summed E-state index contributed by atoms with van der Waals surface area (Å²) in [5.74, 6) is -0.917. The standard InChI is InChI=1S/C23H38O3/c1-4-5-6-7-8-9-10-11-12-13-16-20-17-14-15-18-21(20)22(24)19(2)23(25)26-3/h14-15,17-19,22,24H,4-13,16H2,1-3H3. The van der Waals surface area contributed by atoms with Gasteiger partial charge in [0.15, 0.2) is 0 Å². The molecule has 0 aromatic heterocycles. The van der Waals surface area contributed by atoms with Crippen molar-refractivity contribution in [2.75, 3.05) is 7.11 Å². The Bertz CT molecular complexity index is 498. The van der Waals surface area contributed by atoms with Gasteiger partial charge >= 0.3 is 5.97 Å². The Morgan fingerprint density at radius 2 is 1.50 bits per heavy atom. The summed E-state index contributed by atoms with van der Waals surface area (Å²) in [6, 6.07) is 7.92. The van der Waals surface area contributed by atoms with Crippen molar-refractivity contribution in [3.8, 4) is 0 Å². The molecule has 0 amide bonds. The minimum atomic E-state index is -0.804. The number of carbonyl (C=O) groups is 1. The second kappa shape index (κ2) is 13.8. The maximum Gasteiger partial charge on any atom is 0.311 e. The summed E-state index contributed by atoms with van der Waals surface area (Å²) in [6.45, 7) is 3.97. The number of aryl methyl sites for hydroxylation is 1. The topological polar surface area (TPSA) is 46.5 Å². The van der Waals surface area contributed by atoms with E-state index in [0.717, 1.165) is 24.0 Å². The summed E-state index contributed by atoms with van der Waals surface area (Å²) in [5.41, 5.74) is 2.01. The van der Waals surface area contributed by atoms with Gasteiger partial charge in [0.1, 0.15) is 0 Å². The molecule has 2 atom stereocenters. The lowest BCUT2D eigenvalue weighted by Crippen LogP contribution is -2.21. The van der Waals surface area contributed by atoms with Crippen LogP contribution in [0.5, 0.6) is 0 Å². The van der Waals surface area contributed by atoms with E-state index in [2.05, 4.69) is 13.0 Å². The zero-order valence-electron chi connectivity index (χ0n) is 17.0. The van der Waals surface area contributed by atoms with Crippen molar-refractivity contribution in [1.82, 2.24) is 0 Å². The molecule has 0 fully saturated rings. The molecule has 3 heteroatoms. The second-order valence-corrected chi connectivity index (χ2v) is 7.39. The molecule has 3 nitrogen and oxygen atoms in total. The Hall–Kier alpha value is -1.35. The van der Waals surface area contributed by atoms with E-state index in [0.29, 0.717) is 0 Å². The third-order valence-corrected chi connectivity index (χ3v) is 5.22. The third-order valence-electron chi connectivity index (χ3n) is 5.22. The van der Waals surface area contributed by atoms with Crippen LogP contribution in [0.25, 0.3) is 0 Å². The fourth-order valence-corrected chi connectivity index (χ4v) is 3.44. The third kappa shape index (κ3) is 8.35. The predicted molar refractivity (Wildman–Crippen MR) is 108 cm³/mol. The Morgan fingerprint density at radius 1 is 0.962 bits per heavy atom. The van der Waals surface area contributed by atoms with Gasteiger partial charge in [0.05, 0.1) is 19.1 Å². The largest absolute Gasteiger partial charge is 0.469 e. The lowest BCUT2D eigenvalue weighted by atomic mass is 9.91. The summed E-state index contributed by atoms with van der Waals surface area (Å²) in [5, 5.41) is 10.5. The highest BCUT2D eigenvalue weighted by Gasteiger charge is 2.25. The van der Waals surface area contributed by atoms with Gasteiger partial charge in [0, 0.05) is 0 Å². The fraction of sp³-hybridized carbons (Fsp3) is 0.696. The van der Waals surface area contributed by atoms with Crippen LogP contribution < -0.4 is 0 Å². The first-order chi connectivity index (χ1) is 12.6.